The van der Waals surface area contributed by atoms with Crippen molar-refractivity contribution >= 4 is 107 Å². The van der Waals surface area contributed by atoms with Gasteiger partial charge in [-0.15, -0.1) is 11.3 Å². The third-order valence-electron chi connectivity index (χ3n) is 13.5. The Morgan fingerprint density at radius 2 is 0.714 bits per heavy atom. The van der Waals surface area contributed by atoms with Crippen LogP contribution in [0, 0.1) is 0 Å². The summed E-state index contributed by atoms with van der Waals surface area (Å²) in [7, 11) is 0. The smallest absolute Gasteiger partial charge is 0.0640 e. The highest BCUT2D eigenvalue weighted by Crippen LogP contribution is 2.43. The highest BCUT2D eigenvalue weighted by molar-refractivity contribution is 7.26. The highest BCUT2D eigenvalue weighted by Gasteiger charge is 2.19. The third kappa shape index (κ3) is 5.06. The lowest BCUT2D eigenvalue weighted by molar-refractivity contribution is 1.18. The van der Waals surface area contributed by atoms with E-state index in [0.717, 1.165) is 5.69 Å². The molecule has 0 unspecified atom stereocenters. The minimum Gasteiger partial charge on any atom is -0.309 e. The van der Waals surface area contributed by atoms with Gasteiger partial charge in [-0.2, -0.15) is 0 Å². The molecule has 0 fully saturated rings. The summed E-state index contributed by atoms with van der Waals surface area (Å²) in [5.74, 6) is 0. The Balaban J connectivity index is 0.899. The van der Waals surface area contributed by atoms with E-state index in [9.17, 15) is 0 Å². The maximum absolute atomic E-state index is 2.47. The first-order valence-electron chi connectivity index (χ1n) is 21.7. The van der Waals surface area contributed by atoms with Crippen molar-refractivity contribution in [2.45, 2.75) is 0 Å². The molecule has 0 amide bonds. The average Bonchev–Trinajstić information content (AvgIpc) is 4.01. The van der Waals surface area contributed by atoms with Crippen LogP contribution in [0.4, 0.5) is 0 Å². The fraction of sp³-hybridized carbons (Fsp3) is 0. The van der Waals surface area contributed by atoms with Crippen LogP contribution >= 0.6 is 11.3 Å². The topological polar surface area (TPSA) is 9.86 Å². The van der Waals surface area contributed by atoms with E-state index >= 15 is 0 Å². The van der Waals surface area contributed by atoms with Crippen LogP contribution < -0.4 is 0 Å². The number of benzene rings is 11. The molecule has 0 aliphatic rings. The van der Waals surface area contributed by atoms with E-state index in [4.69, 9.17) is 0 Å². The van der Waals surface area contributed by atoms with Crippen LogP contribution in [0.2, 0.25) is 0 Å². The molecule has 0 spiro atoms. The molecule has 0 atom stereocenters. The number of para-hydroxylation sites is 2. The molecule has 2 nitrogen and oxygen atoms in total. The summed E-state index contributed by atoms with van der Waals surface area (Å²) in [4.78, 5) is 0. The molecule has 3 aromatic heterocycles. The predicted octanol–water partition coefficient (Wildman–Crippen LogP) is 17.0. The van der Waals surface area contributed by atoms with Crippen molar-refractivity contribution in [3.8, 4) is 33.6 Å². The standard InChI is InChI=1S/C60H36N2S/c1-2-14-44-42(12-1)43-13-3-4-15-45(43)52-34-38(26-31-46(44)52)37-24-29-41(30-25-37)61-54-20-8-5-16-47(54)49-32-27-40(36-58(49)61)39-28-33-56-53(35-39)48-17-6-9-21-55(48)62(56)57-22-11-19-51-50-18-7-10-23-59(50)63-60(51)57/h1-36H. The first-order valence-corrected chi connectivity index (χ1v) is 22.5. The van der Waals surface area contributed by atoms with Gasteiger partial charge in [-0.25, -0.2) is 0 Å². The number of aromatic nitrogens is 2. The van der Waals surface area contributed by atoms with Crippen LogP contribution in [0.3, 0.4) is 0 Å². The van der Waals surface area contributed by atoms with Gasteiger partial charge < -0.3 is 9.13 Å². The van der Waals surface area contributed by atoms with E-state index in [1.165, 1.54) is 124 Å². The molecule has 0 saturated carbocycles. The number of fused-ring (bicyclic) bond motifs is 15. The zero-order valence-electron chi connectivity index (χ0n) is 34.1. The zero-order chi connectivity index (χ0) is 41.2. The average molecular weight is 817 g/mol. The SMILES string of the molecule is c1ccc2c(c1)sc1c(-n3c4ccccc4c4cc(-c5ccc6c7ccccc7n(-c7ccc(-c8ccc9c%10ccccc%10c%10ccccc%10c9c8)cc7)c6c5)ccc43)cccc12. The monoisotopic (exact) mass is 816 g/mol. The van der Waals surface area contributed by atoms with Crippen LogP contribution in [0.1, 0.15) is 0 Å². The Morgan fingerprint density at radius 3 is 1.44 bits per heavy atom. The molecule has 3 heteroatoms. The lowest BCUT2D eigenvalue weighted by Crippen LogP contribution is -1.94. The van der Waals surface area contributed by atoms with Gasteiger partial charge >= 0.3 is 0 Å². The van der Waals surface area contributed by atoms with E-state index in [1.807, 2.05) is 11.3 Å². The van der Waals surface area contributed by atoms with Crippen molar-refractivity contribution in [2.75, 3.05) is 0 Å². The Kier molecular flexibility index (Phi) is 7.30. The van der Waals surface area contributed by atoms with Gasteiger partial charge in [-0.3, -0.25) is 0 Å². The maximum Gasteiger partial charge on any atom is 0.0640 e. The van der Waals surface area contributed by atoms with Crippen LogP contribution in [0.5, 0.6) is 0 Å². The molecule has 14 aromatic rings. The Bertz CT molecular complexity index is 4160. The van der Waals surface area contributed by atoms with Gasteiger partial charge in [-0.05, 0) is 115 Å². The van der Waals surface area contributed by atoms with E-state index < -0.39 is 0 Å². The lowest BCUT2D eigenvalue weighted by atomic mass is 9.92. The number of nitrogens with zero attached hydrogens (tertiary/aromatic N) is 2. The molecule has 0 radical (unpaired) electrons. The largest absolute Gasteiger partial charge is 0.309 e. The van der Waals surface area contributed by atoms with Gasteiger partial charge in [0.1, 0.15) is 0 Å². The second kappa shape index (κ2) is 13.3. The molecule has 0 aliphatic heterocycles. The van der Waals surface area contributed by atoms with E-state index in [-0.39, 0.29) is 0 Å². The van der Waals surface area contributed by atoms with E-state index in [0.29, 0.717) is 0 Å². The van der Waals surface area contributed by atoms with Crippen molar-refractivity contribution in [1.29, 1.82) is 0 Å². The fourth-order valence-electron chi connectivity index (χ4n) is 10.6. The molecule has 0 saturated heterocycles. The fourth-order valence-corrected chi connectivity index (χ4v) is 11.8. The quantitative estimate of drug-likeness (QED) is 0.157. The summed E-state index contributed by atoms with van der Waals surface area (Å²) in [5.41, 5.74) is 12.0. The first-order chi connectivity index (χ1) is 31.2. The van der Waals surface area contributed by atoms with E-state index in [1.54, 1.807) is 0 Å². The molecule has 14 rings (SSSR count). The number of rotatable bonds is 4. The van der Waals surface area contributed by atoms with Crippen LogP contribution in [0.25, 0.3) is 130 Å². The normalized spacial score (nSPS) is 12.1. The van der Waals surface area contributed by atoms with Crippen LogP contribution in [-0.2, 0) is 0 Å². The minimum absolute atomic E-state index is 1.15. The molecule has 63 heavy (non-hydrogen) atoms. The summed E-state index contributed by atoms with van der Waals surface area (Å²) >= 11 is 1.88. The van der Waals surface area contributed by atoms with Crippen molar-refractivity contribution in [3.63, 3.8) is 0 Å². The number of hydrogen-bond donors (Lipinski definition) is 0. The zero-order valence-corrected chi connectivity index (χ0v) is 34.9. The van der Waals surface area contributed by atoms with E-state index in [2.05, 4.69) is 228 Å². The molecule has 11 aromatic carbocycles. The Morgan fingerprint density at radius 1 is 0.254 bits per heavy atom. The molecular formula is C60H36N2S. The van der Waals surface area contributed by atoms with Crippen molar-refractivity contribution in [2.24, 2.45) is 0 Å². The lowest BCUT2D eigenvalue weighted by Gasteiger charge is -2.13. The van der Waals surface area contributed by atoms with Crippen LogP contribution in [-0.4, -0.2) is 9.13 Å². The highest BCUT2D eigenvalue weighted by atomic mass is 32.1. The van der Waals surface area contributed by atoms with Gasteiger partial charge in [-0.1, -0.05) is 158 Å². The molecule has 0 N–H and O–H groups in total. The Hall–Kier alpha value is -7.98. The molecule has 0 aliphatic carbocycles. The third-order valence-corrected chi connectivity index (χ3v) is 14.7. The second-order valence-electron chi connectivity index (χ2n) is 16.8. The summed E-state index contributed by atoms with van der Waals surface area (Å²) in [6.07, 6.45) is 0. The van der Waals surface area contributed by atoms with Gasteiger partial charge in [0.2, 0.25) is 0 Å². The number of hydrogen-bond acceptors (Lipinski definition) is 1. The summed E-state index contributed by atoms with van der Waals surface area (Å²) in [6.45, 7) is 0. The molecular weight excluding hydrogens is 781 g/mol. The summed E-state index contributed by atoms with van der Waals surface area (Å²) < 4.78 is 7.54. The van der Waals surface area contributed by atoms with Crippen LogP contribution in [0.15, 0.2) is 218 Å². The molecule has 0 bridgehead atoms. The van der Waals surface area contributed by atoms with Crippen molar-refractivity contribution in [3.05, 3.63) is 218 Å². The van der Waals surface area contributed by atoms with Gasteiger partial charge in [0.25, 0.3) is 0 Å². The van der Waals surface area contributed by atoms with Gasteiger partial charge in [0.15, 0.2) is 0 Å². The summed E-state index contributed by atoms with van der Waals surface area (Å²) in [6, 6.07) is 80.9. The Labute approximate surface area is 366 Å². The molecule has 292 valence electrons. The second-order valence-corrected chi connectivity index (χ2v) is 17.9. The van der Waals surface area contributed by atoms with Gasteiger partial charge in [0, 0.05) is 42.7 Å². The number of thiophene rings is 1. The molecule has 3 heterocycles. The first kappa shape index (κ1) is 34.7. The van der Waals surface area contributed by atoms with Crippen molar-refractivity contribution in [1.82, 2.24) is 9.13 Å². The van der Waals surface area contributed by atoms with Gasteiger partial charge in [0.05, 0.1) is 32.5 Å². The minimum atomic E-state index is 1.15. The predicted molar refractivity (Wildman–Crippen MR) is 271 cm³/mol. The summed E-state index contributed by atoms with van der Waals surface area (Å²) in [5, 5.41) is 15.4. The maximum atomic E-state index is 2.47. The van der Waals surface area contributed by atoms with Crippen molar-refractivity contribution < 1.29 is 0 Å².